The smallest absolute Gasteiger partial charge is 0.270 e. The van der Waals surface area contributed by atoms with Crippen LogP contribution in [0.15, 0.2) is 60.8 Å². The fourth-order valence-electron chi connectivity index (χ4n) is 2.52. The second-order valence-corrected chi connectivity index (χ2v) is 5.63. The monoisotopic (exact) mass is 348 g/mol. The predicted molar refractivity (Wildman–Crippen MR) is 95.5 cm³/mol. The van der Waals surface area contributed by atoms with E-state index in [1.54, 1.807) is 12.3 Å². The number of carbonyl (C=O) groups is 1. The van der Waals surface area contributed by atoms with Crippen LogP contribution in [0.4, 0.5) is 11.6 Å². The second-order valence-electron chi connectivity index (χ2n) is 5.63. The van der Waals surface area contributed by atoms with E-state index in [0.29, 0.717) is 29.7 Å². The molecule has 2 N–H and O–H groups in total. The number of benzene rings is 2. The molecule has 0 atom stereocenters. The molecular weight excluding hydrogens is 332 g/mol. The summed E-state index contributed by atoms with van der Waals surface area (Å²) in [6.45, 7) is 0.587. The van der Waals surface area contributed by atoms with Gasteiger partial charge in [-0.25, -0.2) is 9.97 Å². The van der Waals surface area contributed by atoms with Gasteiger partial charge in [0.25, 0.3) is 5.91 Å². The third-order valence-corrected chi connectivity index (χ3v) is 3.81. The zero-order valence-corrected chi connectivity index (χ0v) is 13.8. The van der Waals surface area contributed by atoms with E-state index in [0.717, 1.165) is 11.3 Å². The number of hydrogen-bond acceptors (Lipinski definition) is 6. The molecule has 0 fully saturated rings. The van der Waals surface area contributed by atoms with Crippen molar-refractivity contribution < 1.29 is 14.3 Å². The third kappa shape index (κ3) is 3.56. The van der Waals surface area contributed by atoms with E-state index >= 15 is 0 Å². The molecule has 0 unspecified atom stereocenters. The van der Waals surface area contributed by atoms with Crippen molar-refractivity contribution in [2.45, 2.75) is 6.54 Å². The molecule has 3 aromatic rings. The van der Waals surface area contributed by atoms with Gasteiger partial charge in [0.2, 0.25) is 12.7 Å². The summed E-state index contributed by atoms with van der Waals surface area (Å²) < 4.78 is 10.6. The summed E-state index contributed by atoms with van der Waals surface area (Å²) >= 11 is 0. The number of anilines is 2. The SMILES string of the molecule is O=C(NCc1ccc2c(c1)OCO2)c1ccnc(Nc2ccccc2)n1. The lowest BCUT2D eigenvalue weighted by Gasteiger charge is -2.08. The van der Waals surface area contributed by atoms with Crippen molar-refractivity contribution in [3.63, 3.8) is 0 Å². The van der Waals surface area contributed by atoms with Gasteiger partial charge in [-0.1, -0.05) is 24.3 Å². The van der Waals surface area contributed by atoms with E-state index in [4.69, 9.17) is 9.47 Å². The van der Waals surface area contributed by atoms with Crippen molar-refractivity contribution in [2.75, 3.05) is 12.1 Å². The number of fused-ring (bicyclic) bond motifs is 1. The Morgan fingerprint density at radius 2 is 1.88 bits per heavy atom. The van der Waals surface area contributed by atoms with Gasteiger partial charge in [-0.05, 0) is 35.9 Å². The van der Waals surface area contributed by atoms with Crippen LogP contribution in [0, 0.1) is 0 Å². The van der Waals surface area contributed by atoms with Gasteiger partial charge in [0.05, 0.1) is 0 Å². The van der Waals surface area contributed by atoms with E-state index in [9.17, 15) is 4.79 Å². The largest absolute Gasteiger partial charge is 0.454 e. The average Bonchev–Trinajstić information content (AvgIpc) is 3.15. The molecule has 2 aromatic carbocycles. The maximum absolute atomic E-state index is 12.4. The fourth-order valence-corrected chi connectivity index (χ4v) is 2.52. The summed E-state index contributed by atoms with van der Waals surface area (Å²) in [7, 11) is 0. The highest BCUT2D eigenvalue weighted by molar-refractivity contribution is 5.92. The Labute approximate surface area is 150 Å². The van der Waals surface area contributed by atoms with Crippen LogP contribution in [-0.4, -0.2) is 22.7 Å². The summed E-state index contributed by atoms with van der Waals surface area (Å²) in [6, 6.07) is 16.7. The van der Waals surface area contributed by atoms with Crippen molar-refractivity contribution in [2.24, 2.45) is 0 Å². The highest BCUT2D eigenvalue weighted by Crippen LogP contribution is 2.32. The van der Waals surface area contributed by atoms with Gasteiger partial charge in [-0.15, -0.1) is 0 Å². The molecule has 0 saturated heterocycles. The molecule has 2 heterocycles. The van der Waals surface area contributed by atoms with Crippen molar-refractivity contribution >= 4 is 17.5 Å². The van der Waals surface area contributed by atoms with E-state index in [1.165, 1.54) is 0 Å². The average molecular weight is 348 g/mol. The zero-order valence-electron chi connectivity index (χ0n) is 13.8. The third-order valence-electron chi connectivity index (χ3n) is 3.81. The van der Waals surface area contributed by atoms with E-state index in [1.807, 2.05) is 48.5 Å². The highest BCUT2D eigenvalue weighted by Gasteiger charge is 2.14. The van der Waals surface area contributed by atoms with Gasteiger partial charge in [-0.2, -0.15) is 0 Å². The van der Waals surface area contributed by atoms with E-state index in [-0.39, 0.29) is 12.7 Å². The first-order valence-electron chi connectivity index (χ1n) is 8.10. The second kappa shape index (κ2) is 7.10. The van der Waals surface area contributed by atoms with Gasteiger partial charge in [0.1, 0.15) is 5.69 Å². The first-order chi connectivity index (χ1) is 12.8. The fraction of sp³-hybridized carbons (Fsp3) is 0.105. The van der Waals surface area contributed by atoms with Crippen molar-refractivity contribution in [1.29, 1.82) is 0 Å². The maximum atomic E-state index is 12.4. The first-order valence-corrected chi connectivity index (χ1v) is 8.10. The predicted octanol–water partition coefficient (Wildman–Crippen LogP) is 2.88. The lowest BCUT2D eigenvalue weighted by atomic mass is 10.2. The molecule has 7 heteroatoms. The molecule has 0 bridgehead atoms. The summed E-state index contributed by atoms with van der Waals surface area (Å²) in [6.07, 6.45) is 1.55. The molecule has 1 aromatic heterocycles. The van der Waals surface area contributed by atoms with Gasteiger partial charge >= 0.3 is 0 Å². The van der Waals surface area contributed by atoms with Crippen molar-refractivity contribution in [3.8, 4) is 11.5 Å². The Morgan fingerprint density at radius 1 is 1.04 bits per heavy atom. The molecule has 1 amide bonds. The number of para-hydroxylation sites is 1. The minimum absolute atomic E-state index is 0.225. The van der Waals surface area contributed by atoms with Crippen LogP contribution in [0.1, 0.15) is 16.1 Å². The normalized spacial score (nSPS) is 11.8. The number of amides is 1. The van der Waals surface area contributed by atoms with Crippen LogP contribution in [0.3, 0.4) is 0 Å². The van der Waals surface area contributed by atoms with Crippen LogP contribution < -0.4 is 20.1 Å². The maximum Gasteiger partial charge on any atom is 0.270 e. The van der Waals surface area contributed by atoms with Crippen molar-refractivity contribution in [1.82, 2.24) is 15.3 Å². The quantitative estimate of drug-likeness (QED) is 0.737. The molecule has 0 saturated carbocycles. The standard InChI is InChI=1S/C19H16N4O3/c24-18(21-11-13-6-7-16-17(10-13)26-12-25-16)15-8-9-20-19(23-15)22-14-4-2-1-3-5-14/h1-10H,11-12H2,(H,21,24)(H,20,22,23). The molecule has 26 heavy (non-hydrogen) atoms. The lowest BCUT2D eigenvalue weighted by Crippen LogP contribution is -2.24. The number of carbonyl (C=O) groups excluding carboxylic acids is 1. The molecule has 130 valence electrons. The van der Waals surface area contributed by atoms with Crippen LogP contribution in [0.5, 0.6) is 11.5 Å². The molecule has 1 aliphatic rings. The van der Waals surface area contributed by atoms with E-state index < -0.39 is 0 Å². The lowest BCUT2D eigenvalue weighted by molar-refractivity contribution is 0.0946. The molecule has 7 nitrogen and oxygen atoms in total. The van der Waals surface area contributed by atoms with Gasteiger partial charge in [0.15, 0.2) is 11.5 Å². The van der Waals surface area contributed by atoms with Crippen molar-refractivity contribution in [3.05, 3.63) is 72.1 Å². The number of nitrogens with one attached hydrogen (secondary N) is 2. The zero-order chi connectivity index (χ0) is 17.8. The summed E-state index contributed by atoms with van der Waals surface area (Å²) in [5, 5.41) is 5.91. The van der Waals surface area contributed by atoms with Crippen LogP contribution in [0.25, 0.3) is 0 Å². The Morgan fingerprint density at radius 3 is 2.77 bits per heavy atom. The van der Waals surface area contributed by atoms with Crippen LogP contribution in [-0.2, 0) is 6.54 Å². The number of rotatable bonds is 5. The topological polar surface area (TPSA) is 85.4 Å². The minimum atomic E-state index is -0.277. The van der Waals surface area contributed by atoms with Crippen LogP contribution in [0.2, 0.25) is 0 Å². The van der Waals surface area contributed by atoms with Gasteiger partial charge in [0, 0.05) is 18.4 Å². The number of ether oxygens (including phenoxy) is 2. The Bertz CT molecular complexity index is 931. The van der Waals surface area contributed by atoms with E-state index in [2.05, 4.69) is 20.6 Å². The molecule has 0 aliphatic carbocycles. The summed E-state index contributed by atoms with van der Waals surface area (Å²) in [5.74, 6) is 1.49. The Hall–Kier alpha value is -3.61. The Kier molecular flexibility index (Phi) is 4.34. The molecule has 1 aliphatic heterocycles. The highest BCUT2D eigenvalue weighted by atomic mass is 16.7. The first kappa shape index (κ1) is 15.9. The minimum Gasteiger partial charge on any atom is -0.454 e. The van der Waals surface area contributed by atoms with Gasteiger partial charge < -0.3 is 20.1 Å². The number of aromatic nitrogens is 2. The molecule has 0 radical (unpaired) electrons. The molecule has 0 spiro atoms. The molecular formula is C19H16N4O3. The summed E-state index contributed by atoms with van der Waals surface area (Å²) in [4.78, 5) is 20.8. The molecule has 4 rings (SSSR count). The Balaban J connectivity index is 1.41. The summed E-state index contributed by atoms with van der Waals surface area (Å²) in [5.41, 5.74) is 2.06. The number of hydrogen-bond donors (Lipinski definition) is 2. The number of nitrogens with zero attached hydrogens (tertiary/aromatic N) is 2. The van der Waals surface area contributed by atoms with Crippen LogP contribution >= 0.6 is 0 Å². The van der Waals surface area contributed by atoms with Gasteiger partial charge in [-0.3, -0.25) is 4.79 Å².